The minimum Gasteiger partial charge on any atom is -0.496 e. The third-order valence-corrected chi connectivity index (χ3v) is 2.75. The standard InChI is InChI=1S/C10H15BrO3/c1-2-3-6-14-10(12)9(11)8-5-4-7-13-8/h2-7H2,1H3/b9-8-. The lowest BCUT2D eigenvalue weighted by Gasteiger charge is -2.05. The summed E-state index contributed by atoms with van der Waals surface area (Å²) >= 11 is 3.20. The maximum atomic E-state index is 11.4. The number of esters is 1. The fraction of sp³-hybridized carbons (Fsp3) is 0.700. The molecule has 1 heterocycles. The lowest BCUT2D eigenvalue weighted by atomic mass is 10.3. The second-order valence-electron chi connectivity index (χ2n) is 3.18. The number of carbonyl (C=O) groups excluding carboxylic acids is 1. The van der Waals surface area contributed by atoms with Crippen LogP contribution in [0.25, 0.3) is 0 Å². The van der Waals surface area contributed by atoms with Crippen LogP contribution >= 0.6 is 15.9 Å². The van der Waals surface area contributed by atoms with Crippen LogP contribution in [0.4, 0.5) is 0 Å². The van der Waals surface area contributed by atoms with Crippen molar-refractivity contribution in [2.24, 2.45) is 0 Å². The summed E-state index contributed by atoms with van der Waals surface area (Å²) in [7, 11) is 0. The van der Waals surface area contributed by atoms with Gasteiger partial charge in [0, 0.05) is 6.42 Å². The molecule has 1 fully saturated rings. The molecule has 0 atom stereocenters. The fourth-order valence-electron chi connectivity index (χ4n) is 1.16. The van der Waals surface area contributed by atoms with E-state index in [-0.39, 0.29) is 5.97 Å². The third kappa shape index (κ3) is 3.33. The zero-order valence-electron chi connectivity index (χ0n) is 8.35. The average molecular weight is 263 g/mol. The second-order valence-corrected chi connectivity index (χ2v) is 3.97. The van der Waals surface area contributed by atoms with Crippen LogP contribution in [-0.4, -0.2) is 19.2 Å². The van der Waals surface area contributed by atoms with E-state index < -0.39 is 0 Å². The number of halogens is 1. The summed E-state index contributed by atoms with van der Waals surface area (Å²) in [5.74, 6) is 0.418. The summed E-state index contributed by atoms with van der Waals surface area (Å²) in [6.45, 7) is 3.24. The van der Waals surface area contributed by atoms with E-state index in [2.05, 4.69) is 22.9 Å². The van der Waals surface area contributed by atoms with Crippen LogP contribution < -0.4 is 0 Å². The molecule has 0 saturated carbocycles. The number of allylic oxidation sites excluding steroid dienone is 1. The molecular formula is C10H15BrO3. The molecule has 0 aromatic carbocycles. The molecule has 0 spiro atoms. The molecule has 0 bridgehead atoms. The highest BCUT2D eigenvalue weighted by Crippen LogP contribution is 2.24. The van der Waals surface area contributed by atoms with E-state index in [0.29, 0.717) is 17.7 Å². The Balaban J connectivity index is 2.39. The SMILES string of the molecule is CCCCOC(=O)/C(Br)=C1\CCCO1. The predicted molar refractivity (Wildman–Crippen MR) is 57.0 cm³/mol. The van der Waals surface area contributed by atoms with E-state index in [1.54, 1.807) is 0 Å². The fourth-order valence-corrected chi connectivity index (χ4v) is 1.59. The van der Waals surface area contributed by atoms with Crippen LogP contribution in [0.1, 0.15) is 32.6 Å². The van der Waals surface area contributed by atoms with Crippen molar-refractivity contribution in [1.82, 2.24) is 0 Å². The lowest BCUT2D eigenvalue weighted by Crippen LogP contribution is -2.07. The molecule has 1 aliphatic heterocycles. The molecule has 1 aliphatic rings. The normalized spacial score (nSPS) is 19.0. The largest absolute Gasteiger partial charge is 0.496 e. The molecule has 4 heteroatoms. The van der Waals surface area contributed by atoms with E-state index in [1.165, 1.54) is 0 Å². The van der Waals surface area contributed by atoms with Crippen LogP contribution in [-0.2, 0) is 14.3 Å². The van der Waals surface area contributed by atoms with E-state index in [0.717, 1.165) is 31.4 Å². The summed E-state index contributed by atoms with van der Waals surface area (Å²) < 4.78 is 10.8. The highest BCUT2D eigenvalue weighted by Gasteiger charge is 2.18. The predicted octanol–water partition coefficient (Wildman–Crippen LogP) is 2.75. The maximum absolute atomic E-state index is 11.4. The number of rotatable bonds is 4. The number of ether oxygens (including phenoxy) is 2. The summed E-state index contributed by atoms with van der Waals surface area (Å²) in [5.41, 5.74) is 0. The van der Waals surface area contributed by atoms with Crippen LogP contribution in [0.2, 0.25) is 0 Å². The first-order valence-electron chi connectivity index (χ1n) is 4.94. The molecule has 0 unspecified atom stereocenters. The van der Waals surface area contributed by atoms with Gasteiger partial charge in [0.05, 0.1) is 13.2 Å². The van der Waals surface area contributed by atoms with Crippen molar-refractivity contribution in [2.45, 2.75) is 32.6 Å². The van der Waals surface area contributed by atoms with Crippen molar-refractivity contribution < 1.29 is 14.3 Å². The molecule has 1 rings (SSSR count). The van der Waals surface area contributed by atoms with Crippen molar-refractivity contribution in [3.05, 3.63) is 10.2 Å². The Bertz CT molecular complexity index is 228. The Morgan fingerprint density at radius 3 is 3.00 bits per heavy atom. The molecule has 0 aliphatic carbocycles. The van der Waals surface area contributed by atoms with Gasteiger partial charge in [0.25, 0.3) is 0 Å². The Morgan fingerprint density at radius 1 is 1.64 bits per heavy atom. The van der Waals surface area contributed by atoms with E-state index in [1.807, 2.05) is 0 Å². The number of hydrogen-bond donors (Lipinski definition) is 0. The first kappa shape index (κ1) is 11.6. The molecule has 3 nitrogen and oxygen atoms in total. The van der Waals surface area contributed by atoms with Crippen LogP contribution in [0, 0.1) is 0 Å². The Morgan fingerprint density at radius 2 is 2.43 bits per heavy atom. The Labute approximate surface area is 92.6 Å². The van der Waals surface area contributed by atoms with Gasteiger partial charge < -0.3 is 9.47 Å². The van der Waals surface area contributed by atoms with Crippen molar-refractivity contribution in [3.8, 4) is 0 Å². The van der Waals surface area contributed by atoms with Gasteiger partial charge in [-0.15, -0.1) is 0 Å². The second kappa shape index (κ2) is 6.06. The van der Waals surface area contributed by atoms with Gasteiger partial charge in [-0.05, 0) is 28.8 Å². The van der Waals surface area contributed by atoms with Crippen molar-refractivity contribution in [2.75, 3.05) is 13.2 Å². The summed E-state index contributed by atoms with van der Waals surface area (Å²) in [4.78, 5) is 11.4. The molecule has 0 radical (unpaired) electrons. The molecule has 80 valence electrons. The van der Waals surface area contributed by atoms with Gasteiger partial charge in [0.2, 0.25) is 0 Å². The zero-order chi connectivity index (χ0) is 10.4. The van der Waals surface area contributed by atoms with Gasteiger partial charge in [-0.25, -0.2) is 4.79 Å². The maximum Gasteiger partial charge on any atom is 0.348 e. The van der Waals surface area contributed by atoms with Crippen molar-refractivity contribution in [3.63, 3.8) is 0 Å². The molecule has 0 N–H and O–H groups in total. The van der Waals surface area contributed by atoms with Crippen molar-refractivity contribution in [1.29, 1.82) is 0 Å². The summed E-state index contributed by atoms with van der Waals surface area (Å²) in [6.07, 6.45) is 3.73. The number of carbonyl (C=O) groups is 1. The topological polar surface area (TPSA) is 35.5 Å². The van der Waals surface area contributed by atoms with Gasteiger partial charge >= 0.3 is 5.97 Å². The monoisotopic (exact) mass is 262 g/mol. The zero-order valence-corrected chi connectivity index (χ0v) is 9.93. The average Bonchev–Trinajstić information content (AvgIpc) is 2.69. The minimum atomic E-state index is -0.310. The van der Waals surface area contributed by atoms with Crippen LogP contribution in [0.3, 0.4) is 0 Å². The molecule has 0 aromatic rings. The first-order chi connectivity index (χ1) is 6.75. The highest BCUT2D eigenvalue weighted by molar-refractivity contribution is 9.12. The summed E-state index contributed by atoms with van der Waals surface area (Å²) in [5, 5.41) is 0. The minimum absolute atomic E-state index is 0.310. The van der Waals surface area contributed by atoms with Gasteiger partial charge in [0.15, 0.2) is 0 Å². The molecule has 0 amide bonds. The number of unbranched alkanes of at least 4 members (excludes halogenated alkanes) is 1. The molecular weight excluding hydrogens is 248 g/mol. The molecule has 14 heavy (non-hydrogen) atoms. The van der Waals surface area contributed by atoms with Gasteiger partial charge in [-0.2, -0.15) is 0 Å². The highest BCUT2D eigenvalue weighted by atomic mass is 79.9. The smallest absolute Gasteiger partial charge is 0.348 e. The van der Waals surface area contributed by atoms with E-state index >= 15 is 0 Å². The van der Waals surface area contributed by atoms with E-state index in [4.69, 9.17) is 9.47 Å². The van der Waals surface area contributed by atoms with E-state index in [9.17, 15) is 4.79 Å². The van der Waals surface area contributed by atoms with Gasteiger partial charge in [-0.3, -0.25) is 0 Å². The lowest BCUT2D eigenvalue weighted by molar-refractivity contribution is -0.138. The van der Waals surface area contributed by atoms with Gasteiger partial charge in [0.1, 0.15) is 10.2 Å². The third-order valence-electron chi connectivity index (χ3n) is 1.98. The van der Waals surface area contributed by atoms with Crippen LogP contribution in [0.5, 0.6) is 0 Å². The Hall–Kier alpha value is -0.510. The quantitative estimate of drug-likeness (QED) is 0.444. The van der Waals surface area contributed by atoms with Gasteiger partial charge in [-0.1, -0.05) is 13.3 Å². The van der Waals surface area contributed by atoms with Crippen molar-refractivity contribution >= 4 is 21.9 Å². The molecule has 0 aromatic heterocycles. The Kier molecular flexibility index (Phi) is 5.01. The number of hydrogen-bond acceptors (Lipinski definition) is 3. The summed E-state index contributed by atoms with van der Waals surface area (Å²) in [6, 6.07) is 0. The molecule has 1 saturated heterocycles. The first-order valence-corrected chi connectivity index (χ1v) is 5.73. The van der Waals surface area contributed by atoms with Crippen LogP contribution in [0.15, 0.2) is 10.2 Å².